The largest absolute Gasteiger partial charge is 0.334 e. The summed E-state index contributed by atoms with van der Waals surface area (Å²) in [5.74, 6) is 0.152. The van der Waals surface area contributed by atoms with Crippen LogP contribution in [0.3, 0.4) is 0 Å². The average molecular weight is 330 g/mol. The quantitative estimate of drug-likeness (QED) is 0.908. The maximum Gasteiger partial charge on any atom is 0.319 e. The zero-order valence-corrected chi connectivity index (χ0v) is 13.3. The Morgan fingerprint density at radius 2 is 1.70 bits per heavy atom. The van der Waals surface area contributed by atoms with E-state index in [4.69, 9.17) is 0 Å². The van der Waals surface area contributed by atoms with Crippen LogP contribution in [-0.2, 0) is 9.84 Å². The average Bonchev–Trinajstić information content (AvgIpc) is 2.87. The van der Waals surface area contributed by atoms with Crippen molar-refractivity contribution >= 4 is 21.6 Å². The minimum atomic E-state index is -3.01. The minimum Gasteiger partial charge on any atom is -0.334 e. The first-order valence-corrected chi connectivity index (χ1v) is 9.28. The molecule has 2 N–H and O–H groups in total. The van der Waals surface area contributed by atoms with Crippen molar-refractivity contribution in [1.29, 1.82) is 0 Å². The van der Waals surface area contributed by atoms with Gasteiger partial charge in [0.15, 0.2) is 9.84 Å². The van der Waals surface area contributed by atoms with Crippen molar-refractivity contribution < 1.29 is 13.2 Å². The molecule has 2 aromatic carbocycles. The summed E-state index contributed by atoms with van der Waals surface area (Å²) in [7, 11) is -3.01. The molecule has 1 atom stereocenters. The summed E-state index contributed by atoms with van der Waals surface area (Å²) in [5, 5.41) is 5.55. The Bertz CT molecular complexity index is 804. The summed E-state index contributed by atoms with van der Waals surface area (Å²) in [6.45, 7) is 0. The Hall–Kier alpha value is -2.34. The van der Waals surface area contributed by atoms with Crippen molar-refractivity contribution in [3.63, 3.8) is 0 Å². The fraction of sp³-hybridized carbons (Fsp3) is 0.235. The van der Waals surface area contributed by atoms with Crippen molar-refractivity contribution in [3.8, 4) is 11.1 Å². The molecule has 2 aromatic rings. The summed E-state index contributed by atoms with van der Waals surface area (Å²) in [4.78, 5) is 12.1. The van der Waals surface area contributed by atoms with Gasteiger partial charge in [-0.1, -0.05) is 48.5 Å². The third-order valence-corrected chi connectivity index (χ3v) is 5.60. The van der Waals surface area contributed by atoms with Crippen molar-refractivity contribution in [2.24, 2.45) is 0 Å². The molecule has 0 aliphatic carbocycles. The van der Waals surface area contributed by atoms with Crippen LogP contribution in [0.15, 0.2) is 54.6 Å². The second-order valence-electron chi connectivity index (χ2n) is 5.61. The lowest BCUT2D eigenvalue weighted by molar-refractivity contribution is 0.249. The molecule has 1 aliphatic heterocycles. The molecule has 3 rings (SSSR count). The summed E-state index contributed by atoms with van der Waals surface area (Å²) in [5.41, 5.74) is 2.62. The number of urea groups is 1. The van der Waals surface area contributed by atoms with Crippen LogP contribution in [0.2, 0.25) is 0 Å². The molecule has 6 heteroatoms. The van der Waals surface area contributed by atoms with Crippen LogP contribution in [-0.4, -0.2) is 32.0 Å². The molecule has 2 amide bonds. The van der Waals surface area contributed by atoms with Crippen LogP contribution in [0.4, 0.5) is 10.5 Å². The topological polar surface area (TPSA) is 75.3 Å². The predicted octanol–water partition coefficient (Wildman–Crippen LogP) is 2.66. The fourth-order valence-corrected chi connectivity index (χ4v) is 4.39. The predicted molar refractivity (Wildman–Crippen MR) is 91.1 cm³/mol. The van der Waals surface area contributed by atoms with E-state index in [1.807, 2.05) is 54.6 Å². The second kappa shape index (κ2) is 6.42. The standard InChI is InChI=1S/C17H18N2O3S/c20-17(18-14-10-11-23(21,22)12-14)19-16-9-5-4-8-15(16)13-6-2-1-3-7-13/h1-9,14H,10-12H2,(H2,18,19,20)/t14-/m0/s1. The highest BCUT2D eigenvalue weighted by Gasteiger charge is 2.28. The lowest BCUT2D eigenvalue weighted by Crippen LogP contribution is -2.38. The first kappa shape index (κ1) is 15.6. The van der Waals surface area contributed by atoms with Crippen molar-refractivity contribution in [1.82, 2.24) is 5.32 Å². The van der Waals surface area contributed by atoms with E-state index in [-0.39, 0.29) is 23.6 Å². The number of amides is 2. The van der Waals surface area contributed by atoms with Crippen LogP contribution < -0.4 is 10.6 Å². The molecule has 1 heterocycles. The minimum absolute atomic E-state index is 0.0146. The van der Waals surface area contributed by atoms with Crippen molar-refractivity contribution in [3.05, 3.63) is 54.6 Å². The van der Waals surface area contributed by atoms with Gasteiger partial charge in [-0.05, 0) is 18.1 Å². The Morgan fingerprint density at radius 3 is 2.39 bits per heavy atom. The van der Waals surface area contributed by atoms with Gasteiger partial charge in [0.25, 0.3) is 0 Å². The van der Waals surface area contributed by atoms with Gasteiger partial charge in [-0.3, -0.25) is 0 Å². The zero-order valence-electron chi connectivity index (χ0n) is 12.5. The molecule has 1 fully saturated rings. The van der Waals surface area contributed by atoms with Crippen LogP contribution in [0.25, 0.3) is 11.1 Å². The molecule has 1 aliphatic rings. The molecule has 1 saturated heterocycles. The number of para-hydroxylation sites is 1. The molecule has 0 unspecified atom stereocenters. The Labute approximate surface area is 135 Å². The van der Waals surface area contributed by atoms with E-state index in [0.717, 1.165) is 11.1 Å². The van der Waals surface area contributed by atoms with Crippen LogP contribution in [0.5, 0.6) is 0 Å². The van der Waals surface area contributed by atoms with E-state index in [9.17, 15) is 13.2 Å². The molecule has 0 aromatic heterocycles. The van der Waals surface area contributed by atoms with Crippen LogP contribution in [0, 0.1) is 0 Å². The second-order valence-corrected chi connectivity index (χ2v) is 7.84. The number of benzene rings is 2. The van der Waals surface area contributed by atoms with E-state index in [0.29, 0.717) is 12.1 Å². The molecule has 0 radical (unpaired) electrons. The number of carbonyl (C=O) groups excluding carboxylic acids is 1. The maximum atomic E-state index is 12.1. The van der Waals surface area contributed by atoms with E-state index in [1.165, 1.54) is 0 Å². The zero-order chi connectivity index (χ0) is 16.3. The number of carbonyl (C=O) groups is 1. The van der Waals surface area contributed by atoms with Gasteiger partial charge in [-0.25, -0.2) is 13.2 Å². The Morgan fingerprint density at radius 1 is 1.00 bits per heavy atom. The van der Waals surface area contributed by atoms with E-state index in [1.54, 1.807) is 0 Å². The van der Waals surface area contributed by atoms with Crippen LogP contribution >= 0.6 is 0 Å². The van der Waals surface area contributed by atoms with Gasteiger partial charge in [-0.2, -0.15) is 0 Å². The first-order chi connectivity index (χ1) is 11.0. The van der Waals surface area contributed by atoms with Gasteiger partial charge in [0.05, 0.1) is 17.2 Å². The normalized spacial score (nSPS) is 19.2. The maximum absolute atomic E-state index is 12.1. The Kier molecular flexibility index (Phi) is 4.34. The summed E-state index contributed by atoms with van der Waals surface area (Å²) in [6.07, 6.45) is 0.468. The van der Waals surface area contributed by atoms with Crippen molar-refractivity contribution in [2.75, 3.05) is 16.8 Å². The molecule has 0 saturated carbocycles. The molecule has 5 nitrogen and oxygen atoms in total. The van der Waals surface area contributed by atoms with Gasteiger partial charge in [0, 0.05) is 11.6 Å². The third kappa shape index (κ3) is 3.90. The molecule has 0 bridgehead atoms. The van der Waals surface area contributed by atoms with Gasteiger partial charge in [0.2, 0.25) is 0 Å². The summed E-state index contributed by atoms with van der Waals surface area (Å²) < 4.78 is 22.9. The molecular formula is C17H18N2O3S. The number of sulfone groups is 1. The first-order valence-electron chi connectivity index (χ1n) is 7.46. The number of rotatable bonds is 3. The summed E-state index contributed by atoms with van der Waals surface area (Å²) in [6, 6.07) is 16.6. The molecule has 0 spiro atoms. The molecular weight excluding hydrogens is 312 g/mol. The highest BCUT2D eigenvalue weighted by Crippen LogP contribution is 2.27. The van der Waals surface area contributed by atoms with Crippen molar-refractivity contribution in [2.45, 2.75) is 12.5 Å². The van der Waals surface area contributed by atoms with E-state index in [2.05, 4.69) is 10.6 Å². The smallest absolute Gasteiger partial charge is 0.319 e. The number of nitrogens with one attached hydrogen (secondary N) is 2. The number of anilines is 1. The lowest BCUT2D eigenvalue weighted by atomic mass is 10.0. The van der Waals surface area contributed by atoms with Crippen LogP contribution in [0.1, 0.15) is 6.42 Å². The van der Waals surface area contributed by atoms with E-state index < -0.39 is 9.84 Å². The van der Waals surface area contributed by atoms with Gasteiger partial charge in [0.1, 0.15) is 0 Å². The third-order valence-electron chi connectivity index (χ3n) is 3.83. The Balaban J connectivity index is 1.72. The van der Waals surface area contributed by atoms with Gasteiger partial charge in [-0.15, -0.1) is 0 Å². The molecule has 120 valence electrons. The van der Waals surface area contributed by atoms with Gasteiger partial charge < -0.3 is 10.6 Å². The fourth-order valence-electron chi connectivity index (χ4n) is 2.71. The monoisotopic (exact) mass is 330 g/mol. The van der Waals surface area contributed by atoms with Gasteiger partial charge >= 0.3 is 6.03 Å². The highest BCUT2D eigenvalue weighted by atomic mass is 32.2. The SMILES string of the molecule is O=C(Nc1ccccc1-c1ccccc1)N[C@H]1CCS(=O)(=O)C1. The number of hydrogen-bond acceptors (Lipinski definition) is 3. The molecule has 23 heavy (non-hydrogen) atoms. The highest BCUT2D eigenvalue weighted by molar-refractivity contribution is 7.91. The number of hydrogen-bond donors (Lipinski definition) is 2. The summed E-state index contributed by atoms with van der Waals surface area (Å²) >= 11 is 0. The lowest BCUT2D eigenvalue weighted by Gasteiger charge is -2.14. The van der Waals surface area contributed by atoms with E-state index >= 15 is 0 Å².